The summed E-state index contributed by atoms with van der Waals surface area (Å²) >= 11 is 1.17. The number of nitrogen functional groups attached to an aromatic ring is 1. The molecule has 0 radical (unpaired) electrons. The minimum Gasteiger partial charge on any atom is -0.398 e. The molecule has 1 fully saturated rings. The van der Waals surface area contributed by atoms with Gasteiger partial charge in [0.2, 0.25) is 10.0 Å². The highest BCUT2D eigenvalue weighted by atomic mass is 32.2. The molecule has 0 atom stereocenters. The van der Waals surface area contributed by atoms with Gasteiger partial charge in [-0.1, -0.05) is 32.6 Å². The summed E-state index contributed by atoms with van der Waals surface area (Å²) in [6.45, 7) is 2.82. The summed E-state index contributed by atoms with van der Waals surface area (Å²) in [5.41, 5.74) is 6.06. The Labute approximate surface area is 119 Å². The lowest BCUT2D eigenvalue weighted by Crippen LogP contribution is -2.26. The van der Waals surface area contributed by atoms with Crippen LogP contribution in [0.15, 0.2) is 15.7 Å². The average Bonchev–Trinajstić information content (AvgIpc) is 2.79. The van der Waals surface area contributed by atoms with E-state index in [1.807, 2.05) is 0 Å². The fourth-order valence-electron chi connectivity index (χ4n) is 2.56. The Morgan fingerprint density at radius 3 is 2.63 bits per heavy atom. The fourth-order valence-corrected chi connectivity index (χ4v) is 4.73. The van der Waals surface area contributed by atoms with E-state index in [9.17, 15) is 8.42 Å². The zero-order chi connectivity index (χ0) is 13.9. The molecule has 0 bridgehead atoms. The zero-order valence-electron chi connectivity index (χ0n) is 11.3. The SMILES string of the molecule is CC1CCC(CCNS(=O)(=O)c2cc(N)cs2)CC1. The predicted molar refractivity (Wildman–Crippen MR) is 79.7 cm³/mol. The first kappa shape index (κ1) is 14.8. The highest BCUT2D eigenvalue weighted by molar-refractivity contribution is 7.91. The molecule has 108 valence electrons. The van der Waals surface area contributed by atoms with E-state index in [1.165, 1.54) is 43.1 Å². The van der Waals surface area contributed by atoms with Crippen molar-refractivity contribution in [2.45, 2.75) is 43.2 Å². The van der Waals surface area contributed by atoms with Gasteiger partial charge in [-0.15, -0.1) is 11.3 Å². The summed E-state index contributed by atoms with van der Waals surface area (Å²) in [7, 11) is -3.36. The molecule has 1 aliphatic rings. The lowest BCUT2D eigenvalue weighted by molar-refractivity contribution is 0.278. The lowest BCUT2D eigenvalue weighted by Gasteiger charge is -2.25. The predicted octanol–water partition coefficient (Wildman–Crippen LogP) is 2.83. The van der Waals surface area contributed by atoms with Crippen molar-refractivity contribution in [2.24, 2.45) is 11.8 Å². The van der Waals surface area contributed by atoms with Gasteiger partial charge in [-0.2, -0.15) is 0 Å². The Bertz CT molecular complexity index is 502. The van der Waals surface area contributed by atoms with Crippen molar-refractivity contribution in [3.8, 4) is 0 Å². The number of nitrogens with two attached hydrogens (primary N) is 1. The fraction of sp³-hybridized carbons (Fsp3) is 0.692. The Hall–Kier alpha value is -0.590. The highest BCUT2D eigenvalue weighted by Gasteiger charge is 2.20. The molecule has 0 aliphatic heterocycles. The molecule has 2 rings (SSSR count). The molecule has 6 heteroatoms. The van der Waals surface area contributed by atoms with Gasteiger partial charge >= 0.3 is 0 Å². The number of hydrogen-bond acceptors (Lipinski definition) is 4. The Kier molecular flexibility index (Phi) is 4.86. The van der Waals surface area contributed by atoms with Crippen molar-refractivity contribution in [2.75, 3.05) is 12.3 Å². The van der Waals surface area contributed by atoms with E-state index in [-0.39, 0.29) is 0 Å². The number of hydrogen-bond donors (Lipinski definition) is 2. The van der Waals surface area contributed by atoms with E-state index in [1.54, 1.807) is 5.38 Å². The number of anilines is 1. The summed E-state index contributed by atoms with van der Waals surface area (Å²) in [6.07, 6.45) is 5.95. The summed E-state index contributed by atoms with van der Waals surface area (Å²) in [5.74, 6) is 1.51. The molecular weight excluding hydrogens is 280 g/mol. The molecule has 0 aromatic carbocycles. The molecule has 0 saturated heterocycles. The van der Waals surface area contributed by atoms with Gasteiger partial charge in [0.25, 0.3) is 0 Å². The Morgan fingerprint density at radius 1 is 1.37 bits per heavy atom. The van der Waals surface area contributed by atoms with Crippen LogP contribution in [0.2, 0.25) is 0 Å². The van der Waals surface area contributed by atoms with Gasteiger partial charge < -0.3 is 5.73 Å². The average molecular weight is 302 g/mol. The van der Waals surface area contributed by atoms with Crippen LogP contribution in [0.1, 0.15) is 39.0 Å². The third-order valence-corrected chi connectivity index (χ3v) is 6.76. The smallest absolute Gasteiger partial charge is 0.250 e. The molecule has 0 spiro atoms. The lowest BCUT2D eigenvalue weighted by atomic mass is 9.81. The van der Waals surface area contributed by atoms with Crippen molar-refractivity contribution < 1.29 is 8.42 Å². The maximum Gasteiger partial charge on any atom is 0.250 e. The first-order valence-electron chi connectivity index (χ1n) is 6.81. The number of sulfonamides is 1. The molecule has 1 aromatic heterocycles. The highest BCUT2D eigenvalue weighted by Crippen LogP contribution is 2.30. The minimum atomic E-state index is -3.36. The van der Waals surface area contributed by atoms with Crippen LogP contribution in [-0.2, 0) is 10.0 Å². The number of rotatable bonds is 5. The van der Waals surface area contributed by atoms with E-state index in [0.717, 1.165) is 12.3 Å². The maximum absolute atomic E-state index is 12.0. The van der Waals surface area contributed by atoms with E-state index in [0.29, 0.717) is 22.4 Å². The summed E-state index contributed by atoms with van der Waals surface area (Å²) in [5, 5.41) is 1.65. The first-order valence-corrected chi connectivity index (χ1v) is 9.17. The van der Waals surface area contributed by atoms with Crippen molar-refractivity contribution in [1.82, 2.24) is 4.72 Å². The maximum atomic E-state index is 12.0. The molecule has 1 saturated carbocycles. The third kappa shape index (κ3) is 4.19. The van der Waals surface area contributed by atoms with Crippen molar-refractivity contribution >= 4 is 27.0 Å². The molecular formula is C13H22N2O2S2. The second-order valence-corrected chi connectivity index (χ2v) is 8.42. The van der Waals surface area contributed by atoms with E-state index in [2.05, 4.69) is 11.6 Å². The van der Waals surface area contributed by atoms with Gasteiger partial charge in [0.05, 0.1) is 0 Å². The topological polar surface area (TPSA) is 72.2 Å². The van der Waals surface area contributed by atoms with Crippen LogP contribution >= 0.6 is 11.3 Å². The molecule has 0 amide bonds. The Morgan fingerprint density at radius 2 is 2.05 bits per heavy atom. The van der Waals surface area contributed by atoms with E-state index < -0.39 is 10.0 Å². The minimum absolute atomic E-state index is 0.308. The van der Waals surface area contributed by atoms with Gasteiger partial charge in [0.1, 0.15) is 4.21 Å². The summed E-state index contributed by atoms with van der Waals surface area (Å²) in [4.78, 5) is 0. The quantitative estimate of drug-likeness (QED) is 0.878. The molecule has 1 aliphatic carbocycles. The van der Waals surface area contributed by atoms with Crippen LogP contribution in [0.5, 0.6) is 0 Å². The van der Waals surface area contributed by atoms with Crippen LogP contribution in [0.4, 0.5) is 5.69 Å². The molecule has 4 nitrogen and oxygen atoms in total. The van der Waals surface area contributed by atoms with Crippen molar-refractivity contribution in [3.05, 3.63) is 11.4 Å². The van der Waals surface area contributed by atoms with Crippen LogP contribution in [0.3, 0.4) is 0 Å². The summed E-state index contributed by atoms with van der Waals surface area (Å²) < 4.78 is 26.9. The van der Waals surface area contributed by atoms with E-state index >= 15 is 0 Å². The van der Waals surface area contributed by atoms with Crippen molar-refractivity contribution in [1.29, 1.82) is 0 Å². The second kappa shape index (κ2) is 6.24. The van der Waals surface area contributed by atoms with Crippen LogP contribution in [0, 0.1) is 11.8 Å². The zero-order valence-corrected chi connectivity index (χ0v) is 12.9. The van der Waals surface area contributed by atoms with Gasteiger partial charge in [-0.25, -0.2) is 13.1 Å². The van der Waals surface area contributed by atoms with Crippen LogP contribution in [-0.4, -0.2) is 15.0 Å². The Balaban J connectivity index is 1.79. The van der Waals surface area contributed by atoms with Gasteiger partial charge in [0.15, 0.2) is 0 Å². The van der Waals surface area contributed by atoms with Gasteiger partial charge in [-0.3, -0.25) is 0 Å². The largest absolute Gasteiger partial charge is 0.398 e. The first-order chi connectivity index (χ1) is 8.97. The van der Waals surface area contributed by atoms with Crippen molar-refractivity contribution in [3.63, 3.8) is 0 Å². The molecule has 3 N–H and O–H groups in total. The summed E-state index contributed by atoms with van der Waals surface area (Å²) in [6, 6.07) is 1.51. The second-order valence-electron chi connectivity index (χ2n) is 5.51. The third-order valence-electron chi connectivity index (χ3n) is 3.84. The van der Waals surface area contributed by atoms with Gasteiger partial charge in [0, 0.05) is 17.6 Å². The monoisotopic (exact) mass is 302 g/mol. The number of nitrogens with one attached hydrogen (secondary N) is 1. The molecule has 1 heterocycles. The standard InChI is InChI=1S/C13H22N2O2S2/c1-10-2-4-11(5-3-10)6-7-15-19(16,17)13-8-12(14)9-18-13/h8-11,15H,2-7,14H2,1H3. The molecule has 19 heavy (non-hydrogen) atoms. The number of thiophene rings is 1. The molecule has 0 unspecified atom stereocenters. The van der Waals surface area contributed by atoms with Crippen LogP contribution < -0.4 is 10.5 Å². The van der Waals surface area contributed by atoms with E-state index in [4.69, 9.17) is 5.73 Å². The molecule has 1 aromatic rings. The normalized spacial score (nSPS) is 24.5. The van der Waals surface area contributed by atoms with Gasteiger partial charge in [-0.05, 0) is 24.3 Å². The van der Waals surface area contributed by atoms with Crippen LogP contribution in [0.25, 0.3) is 0 Å².